The third-order valence-electron chi connectivity index (χ3n) is 6.14. The zero-order valence-corrected chi connectivity index (χ0v) is 19.8. The standard InChI is InChI=1S/C24H26ClN3O3S/c1-13-5-4-6-20(21(29)7-13)28-11-16-17(23(28)30)12-32-22(16)10-26-24(31)27-19-9-18(25)14(2)8-15(19)3/h8-9,12,20H,1,4-7,10-11H2,2-3H3,(H2,26,27,31)/t20-/m0/s1. The van der Waals surface area contributed by atoms with E-state index < -0.39 is 6.04 Å². The van der Waals surface area contributed by atoms with Crippen LogP contribution in [-0.2, 0) is 17.9 Å². The molecule has 0 bridgehead atoms. The van der Waals surface area contributed by atoms with Crippen LogP contribution in [-0.4, -0.2) is 28.7 Å². The third-order valence-corrected chi connectivity index (χ3v) is 7.58. The number of rotatable bonds is 4. The van der Waals surface area contributed by atoms with Crippen LogP contribution in [0, 0.1) is 13.8 Å². The van der Waals surface area contributed by atoms with Crippen LogP contribution in [0.1, 0.15) is 57.6 Å². The molecule has 1 fully saturated rings. The number of anilines is 1. The molecule has 8 heteroatoms. The molecule has 3 amide bonds. The van der Waals surface area contributed by atoms with Crippen molar-refractivity contribution in [3.63, 3.8) is 0 Å². The lowest BCUT2D eigenvalue weighted by Crippen LogP contribution is -2.40. The monoisotopic (exact) mass is 471 g/mol. The number of carbonyl (C=O) groups is 3. The summed E-state index contributed by atoms with van der Waals surface area (Å²) in [5.74, 6) is -0.0245. The van der Waals surface area contributed by atoms with Crippen molar-refractivity contribution in [2.75, 3.05) is 5.32 Å². The average molecular weight is 472 g/mol. The van der Waals surface area contributed by atoms with Gasteiger partial charge in [0.2, 0.25) is 0 Å². The van der Waals surface area contributed by atoms with Gasteiger partial charge in [-0.2, -0.15) is 0 Å². The molecular weight excluding hydrogens is 446 g/mol. The second kappa shape index (κ2) is 9.08. The Hall–Kier alpha value is -2.64. The molecule has 2 aliphatic rings. The first-order chi connectivity index (χ1) is 15.2. The zero-order valence-electron chi connectivity index (χ0n) is 18.2. The molecule has 168 valence electrons. The Morgan fingerprint density at radius 1 is 1.28 bits per heavy atom. The van der Waals surface area contributed by atoms with E-state index in [4.69, 9.17) is 11.6 Å². The lowest BCUT2D eigenvalue weighted by Gasteiger charge is -2.25. The Kier molecular flexibility index (Phi) is 6.40. The van der Waals surface area contributed by atoms with Gasteiger partial charge in [0.1, 0.15) is 0 Å². The lowest BCUT2D eigenvalue weighted by atomic mass is 10.1. The van der Waals surface area contributed by atoms with E-state index in [0.717, 1.165) is 40.0 Å². The van der Waals surface area contributed by atoms with Gasteiger partial charge in [-0.15, -0.1) is 11.3 Å². The number of aryl methyl sites for hydroxylation is 2. The van der Waals surface area contributed by atoms with E-state index in [1.165, 1.54) is 11.3 Å². The molecule has 0 saturated heterocycles. The van der Waals surface area contributed by atoms with Crippen molar-refractivity contribution in [1.29, 1.82) is 0 Å². The van der Waals surface area contributed by atoms with E-state index in [1.807, 2.05) is 25.3 Å². The van der Waals surface area contributed by atoms with E-state index >= 15 is 0 Å². The first kappa shape index (κ1) is 22.6. The van der Waals surface area contributed by atoms with Crippen LogP contribution in [0.25, 0.3) is 0 Å². The predicted octanol–water partition coefficient (Wildman–Crippen LogP) is 5.36. The molecule has 0 radical (unpaired) electrons. The summed E-state index contributed by atoms with van der Waals surface area (Å²) < 4.78 is 0. The van der Waals surface area contributed by atoms with Crippen LogP contribution >= 0.6 is 22.9 Å². The van der Waals surface area contributed by atoms with Crippen molar-refractivity contribution in [1.82, 2.24) is 10.2 Å². The molecule has 1 aromatic heterocycles. The molecule has 0 unspecified atom stereocenters. The topological polar surface area (TPSA) is 78.5 Å². The Morgan fingerprint density at radius 3 is 2.84 bits per heavy atom. The van der Waals surface area contributed by atoms with Gasteiger partial charge in [-0.05, 0) is 55.9 Å². The van der Waals surface area contributed by atoms with Gasteiger partial charge >= 0.3 is 6.03 Å². The highest BCUT2D eigenvalue weighted by molar-refractivity contribution is 7.10. The number of ketones is 1. The summed E-state index contributed by atoms with van der Waals surface area (Å²) in [6.07, 6.45) is 2.72. The number of hydrogen-bond acceptors (Lipinski definition) is 4. The van der Waals surface area contributed by atoms with Crippen molar-refractivity contribution in [2.45, 2.75) is 58.7 Å². The third kappa shape index (κ3) is 4.45. The highest BCUT2D eigenvalue weighted by Crippen LogP contribution is 2.35. The van der Waals surface area contributed by atoms with E-state index in [-0.39, 0.29) is 17.7 Å². The maximum absolute atomic E-state index is 13.0. The van der Waals surface area contributed by atoms with Crippen molar-refractivity contribution in [3.05, 3.63) is 61.8 Å². The number of fused-ring (bicyclic) bond motifs is 1. The number of Topliss-reactive ketones (excluding diaryl/α,β-unsaturated/α-hetero) is 1. The maximum atomic E-state index is 13.0. The van der Waals surface area contributed by atoms with Gasteiger partial charge in [-0.3, -0.25) is 9.59 Å². The van der Waals surface area contributed by atoms with E-state index in [1.54, 1.807) is 11.0 Å². The number of hydrogen-bond donors (Lipinski definition) is 2. The fourth-order valence-corrected chi connectivity index (χ4v) is 5.49. The number of nitrogens with zero attached hydrogens (tertiary/aromatic N) is 1. The van der Waals surface area contributed by atoms with Crippen molar-refractivity contribution in [3.8, 4) is 0 Å². The van der Waals surface area contributed by atoms with Crippen LogP contribution in [0.3, 0.4) is 0 Å². The van der Waals surface area contributed by atoms with Crippen LogP contribution in [0.2, 0.25) is 5.02 Å². The number of nitrogens with one attached hydrogen (secondary N) is 2. The number of benzene rings is 1. The molecule has 1 atom stereocenters. The first-order valence-corrected chi connectivity index (χ1v) is 11.9. The van der Waals surface area contributed by atoms with Gasteiger partial charge < -0.3 is 15.5 Å². The summed E-state index contributed by atoms with van der Waals surface area (Å²) in [5, 5.41) is 8.13. The molecule has 4 rings (SSSR count). The van der Waals surface area contributed by atoms with E-state index in [0.29, 0.717) is 42.2 Å². The number of carbonyl (C=O) groups excluding carboxylic acids is 3. The quantitative estimate of drug-likeness (QED) is 0.465. The van der Waals surface area contributed by atoms with Crippen molar-refractivity contribution < 1.29 is 14.4 Å². The first-order valence-electron chi connectivity index (χ1n) is 10.7. The Morgan fingerprint density at radius 2 is 2.06 bits per heavy atom. The fourth-order valence-electron chi connectivity index (χ4n) is 4.35. The SMILES string of the molecule is C=C1CCC[C@H](N2Cc3c(csc3CNC(=O)Nc3cc(Cl)c(C)cc3C)C2=O)C(=O)C1. The molecule has 2 N–H and O–H groups in total. The summed E-state index contributed by atoms with van der Waals surface area (Å²) in [7, 11) is 0. The van der Waals surface area contributed by atoms with Gasteiger partial charge in [-0.1, -0.05) is 29.8 Å². The van der Waals surface area contributed by atoms with Crippen LogP contribution in [0.4, 0.5) is 10.5 Å². The number of thiophene rings is 1. The Bertz CT molecular complexity index is 1120. The van der Waals surface area contributed by atoms with Gasteiger partial charge in [0, 0.05) is 33.9 Å². The Balaban J connectivity index is 1.41. The van der Waals surface area contributed by atoms with Crippen molar-refractivity contribution >= 4 is 46.3 Å². The second-order valence-corrected chi connectivity index (χ2v) is 9.88. The summed E-state index contributed by atoms with van der Waals surface area (Å²) >= 11 is 7.63. The summed E-state index contributed by atoms with van der Waals surface area (Å²) in [6.45, 7) is 8.50. The van der Waals surface area contributed by atoms with Gasteiger partial charge in [0.25, 0.3) is 5.91 Å². The number of amides is 3. The molecule has 1 aliphatic carbocycles. The predicted molar refractivity (Wildman–Crippen MR) is 127 cm³/mol. The van der Waals surface area contributed by atoms with Crippen LogP contribution in [0.15, 0.2) is 29.7 Å². The average Bonchev–Trinajstić information content (AvgIpc) is 3.22. The summed E-state index contributed by atoms with van der Waals surface area (Å²) in [5.41, 5.74) is 5.03. The highest BCUT2D eigenvalue weighted by atomic mass is 35.5. The van der Waals surface area contributed by atoms with Crippen LogP contribution in [0.5, 0.6) is 0 Å². The minimum absolute atomic E-state index is 0.0702. The van der Waals surface area contributed by atoms with Gasteiger partial charge in [-0.25, -0.2) is 4.79 Å². The molecule has 2 aromatic rings. The zero-order chi connectivity index (χ0) is 23.0. The van der Waals surface area contributed by atoms with Gasteiger partial charge in [0.05, 0.1) is 18.2 Å². The molecule has 1 aromatic carbocycles. The van der Waals surface area contributed by atoms with Crippen molar-refractivity contribution in [2.24, 2.45) is 0 Å². The van der Waals surface area contributed by atoms with Crippen LogP contribution < -0.4 is 10.6 Å². The normalized spacial score (nSPS) is 18.5. The summed E-state index contributed by atoms with van der Waals surface area (Å²) in [6, 6.07) is 2.93. The molecule has 0 spiro atoms. The Labute approximate surface area is 196 Å². The highest BCUT2D eigenvalue weighted by Gasteiger charge is 2.38. The molecule has 6 nitrogen and oxygen atoms in total. The number of halogens is 1. The second-order valence-electron chi connectivity index (χ2n) is 8.51. The molecule has 2 heterocycles. The summed E-state index contributed by atoms with van der Waals surface area (Å²) in [4.78, 5) is 40.7. The molecular formula is C24H26ClN3O3S. The largest absolute Gasteiger partial charge is 0.333 e. The number of urea groups is 1. The number of allylic oxidation sites excluding steroid dienone is 1. The van der Waals surface area contributed by atoms with Gasteiger partial charge in [0.15, 0.2) is 5.78 Å². The fraction of sp³-hybridized carbons (Fsp3) is 0.375. The minimum Gasteiger partial charge on any atom is -0.333 e. The molecule has 1 aliphatic heterocycles. The van der Waals surface area contributed by atoms with E-state index in [9.17, 15) is 14.4 Å². The minimum atomic E-state index is -0.391. The molecule has 32 heavy (non-hydrogen) atoms. The lowest BCUT2D eigenvalue weighted by molar-refractivity contribution is -0.122. The molecule has 1 saturated carbocycles. The van der Waals surface area contributed by atoms with E-state index in [2.05, 4.69) is 17.2 Å². The smallest absolute Gasteiger partial charge is 0.319 e. The maximum Gasteiger partial charge on any atom is 0.319 e.